The van der Waals surface area contributed by atoms with Crippen molar-refractivity contribution in [3.05, 3.63) is 48.0 Å². The SMILES string of the molecule is CCn1c(-c2ccc(NC(C)=O)cc2)c(C#N)c2ccc(OC(F)(F)F)cc21. The third kappa shape index (κ3) is 3.78. The third-order valence-electron chi connectivity index (χ3n) is 4.18. The summed E-state index contributed by atoms with van der Waals surface area (Å²) < 4.78 is 43.5. The number of alkyl halides is 3. The Balaban J connectivity index is 2.16. The Bertz CT molecular complexity index is 1080. The highest BCUT2D eigenvalue weighted by Crippen LogP contribution is 2.36. The summed E-state index contributed by atoms with van der Waals surface area (Å²) in [6.45, 7) is 3.68. The number of amides is 1. The van der Waals surface area contributed by atoms with Gasteiger partial charge in [-0.25, -0.2) is 0 Å². The molecule has 3 aromatic rings. The van der Waals surface area contributed by atoms with Crippen LogP contribution < -0.4 is 10.1 Å². The van der Waals surface area contributed by atoms with Gasteiger partial charge >= 0.3 is 6.36 Å². The Hall–Kier alpha value is -3.47. The number of halogens is 3. The van der Waals surface area contributed by atoms with Crippen LogP contribution in [0.15, 0.2) is 42.5 Å². The monoisotopic (exact) mass is 387 g/mol. The van der Waals surface area contributed by atoms with E-state index in [-0.39, 0.29) is 11.7 Å². The molecule has 0 aliphatic rings. The van der Waals surface area contributed by atoms with Crippen LogP contribution in [0.5, 0.6) is 5.75 Å². The summed E-state index contributed by atoms with van der Waals surface area (Å²) in [6.07, 6.45) is -4.79. The number of hydrogen-bond acceptors (Lipinski definition) is 3. The molecule has 0 aliphatic carbocycles. The van der Waals surface area contributed by atoms with Crippen LogP contribution in [0.3, 0.4) is 0 Å². The predicted octanol–water partition coefficient (Wildman–Crippen LogP) is 5.06. The molecule has 0 aliphatic heterocycles. The van der Waals surface area contributed by atoms with E-state index in [1.165, 1.54) is 25.1 Å². The Labute approximate surface area is 158 Å². The summed E-state index contributed by atoms with van der Waals surface area (Å²) in [5.74, 6) is -0.547. The highest BCUT2D eigenvalue weighted by Gasteiger charge is 2.31. The molecule has 1 N–H and O–H groups in total. The molecule has 5 nitrogen and oxygen atoms in total. The largest absolute Gasteiger partial charge is 0.573 e. The van der Waals surface area contributed by atoms with Crippen LogP contribution in [0.2, 0.25) is 0 Å². The van der Waals surface area contributed by atoms with E-state index >= 15 is 0 Å². The molecule has 0 unspecified atom stereocenters. The molecule has 0 atom stereocenters. The number of benzene rings is 2. The van der Waals surface area contributed by atoms with Gasteiger partial charge in [0, 0.05) is 30.6 Å². The number of hydrogen-bond donors (Lipinski definition) is 1. The number of nitriles is 1. The number of rotatable bonds is 4. The van der Waals surface area contributed by atoms with Crippen molar-refractivity contribution in [3.63, 3.8) is 0 Å². The van der Waals surface area contributed by atoms with Crippen molar-refractivity contribution >= 4 is 22.5 Å². The second kappa shape index (κ2) is 7.27. The van der Waals surface area contributed by atoms with Crippen molar-refractivity contribution in [1.82, 2.24) is 4.57 Å². The van der Waals surface area contributed by atoms with Crippen LogP contribution in [0.25, 0.3) is 22.2 Å². The van der Waals surface area contributed by atoms with Gasteiger partial charge in [-0.1, -0.05) is 12.1 Å². The second-order valence-corrected chi connectivity index (χ2v) is 6.06. The van der Waals surface area contributed by atoms with Gasteiger partial charge in [0.15, 0.2) is 0 Å². The maximum absolute atomic E-state index is 12.6. The number of ether oxygens (including phenoxy) is 1. The first-order valence-corrected chi connectivity index (χ1v) is 8.43. The lowest BCUT2D eigenvalue weighted by atomic mass is 10.1. The van der Waals surface area contributed by atoms with E-state index in [1.807, 2.05) is 6.92 Å². The molecular formula is C20H16F3N3O2. The van der Waals surface area contributed by atoms with E-state index in [2.05, 4.69) is 16.1 Å². The van der Waals surface area contributed by atoms with Crippen LogP contribution in [0.4, 0.5) is 18.9 Å². The molecule has 0 saturated carbocycles. The van der Waals surface area contributed by atoms with Gasteiger partial charge < -0.3 is 14.6 Å². The highest BCUT2D eigenvalue weighted by atomic mass is 19.4. The fraction of sp³-hybridized carbons (Fsp3) is 0.200. The molecule has 0 spiro atoms. The summed E-state index contributed by atoms with van der Waals surface area (Å²) >= 11 is 0. The number of anilines is 1. The van der Waals surface area contributed by atoms with Gasteiger partial charge in [0.25, 0.3) is 0 Å². The molecule has 1 aromatic heterocycles. The summed E-state index contributed by atoms with van der Waals surface area (Å²) in [7, 11) is 0. The van der Waals surface area contributed by atoms with Crippen LogP contribution in [-0.2, 0) is 11.3 Å². The average Bonchev–Trinajstić information content (AvgIpc) is 2.93. The van der Waals surface area contributed by atoms with Crippen molar-refractivity contribution < 1.29 is 22.7 Å². The quantitative estimate of drug-likeness (QED) is 0.681. The fourth-order valence-corrected chi connectivity index (χ4v) is 3.18. The molecule has 8 heteroatoms. The van der Waals surface area contributed by atoms with Gasteiger partial charge in [-0.2, -0.15) is 5.26 Å². The van der Waals surface area contributed by atoms with E-state index in [4.69, 9.17) is 0 Å². The van der Waals surface area contributed by atoms with Crippen molar-refractivity contribution in [1.29, 1.82) is 5.26 Å². The van der Waals surface area contributed by atoms with Crippen molar-refractivity contribution in [2.24, 2.45) is 0 Å². The lowest BCUT2D eigenvalue weighted by molar-refractivity contribution is -0.274. The minimum atomic E-state index is -4.79. The first-order chi connectivity index (χ1) is 13.2. The number of fused-ring (bicyclic) bond motifs is 1. The zero-order chi connectivity index (χ0) is 20.5. The first kappa shape index (κ1) is 19.3. The normalized spacial score (nSPS) is 11.3. The summed E-state index contributed by atoms with van der Waals surface area (Å²) in [6, 6.07) is 13.0. The van der Waals surface area contributed by atoms with Gasteiger partial charge in [0.1, 0.15) is 11.8 Å². The first-order valence-electron chi connectivity index (χ1n) is 8.43. The lowest BCUT2D eigenvalue weighted by Crippen LogP contribution is -2.17. The van der Waals surface area contributed by atoms with E-state index in [1.54, 1.807) is 28.8 Å². The van der Waals surface area contributed by atoms with E-state index in [0.717, 1.165) is 0 Å². The molecule has 0 saturated heterocycles. The molecule has 1 amide bonds. The Morgan fingerprint density at radius 2 is 1.89 bits per heavy atom. The maximum atomic E-state index is 12.6. The van der Waals surface area contributed by atoms with Crippen LogP contribution >= 0.6 is 0 Å². The smallest absolute Gasteiger partial charge is 0.406 e. The number of carbonyl (C=O) groups excluding carboxylic acids is 1. The lowest BCUT2D eigenvalue weighted by Gasteiger charge is -2.11. The number of aryl methyl sites for hydroxylation is 1. The zero-order valence-corrected chi connectivity index (χ0v) is 15.1. The molecule has 144 valence electrons. The minimum Gasteiger partial charge on any atom is -0.406 e. The fourth-order valence-electron chi connectivity index (χ4n) is 3.18. The summed E-state index contributed by atoms with van der Waals surface area (Å²) in [5.41, 5.74) is 2.75. The third-order valence-corrected chi connectivity index (χ3v) is 4.18. The average molecular weight is 387 g/mol. The van der Waals surface area contributed by atoms with E-state index in [9.17, 15) is 23.2 Å². The predicted molar refractivity (Wildman–Crippen MR) is 98.7 cm³/mol. The molecule has 0 fully saturated rings. The van der Waals surface area contributed by atoms with Crippen molar-refractivity contribution in [3.8, 4) is 23.1 Å². The topological polar surface area (TPSA) is 67.0 Å². The molecule has 0 radical (unpaired) electrons. The van der Waals surface area contributed by atoms with Crippen molar-refractivity contribution in [2.45, 2.75) is 26.8 Å². The molecule has 28 heavy (non-hydrogen) atoms. The van der Waals surface area contributed by atoms with Crippen LogP contribution in [0.1, 0.15) is 19.4 Å². The number of nitrogens with one attached hydrogen (secondary N) is 1. The van der Waals surface area contributed by atoms with Gasteiger partial charge in [0.2, 0.25) is 5.91 Å². The van der Waals surface area contributed by atoms with Gasteiger partial charge in [-0.15, -0.1) is 13.2 Å². The molecule has 2 aromatic carbocycles. The summed E-state index contributed by atoms with van der Waals surface area (Å²) in [5, 5.41) is 12.9. The minimum absolute atomic E-state index is 0.203. The molecular weight excluding hydrogens is 371 g/mol. The molecule has 3 rings (SSSR count). The van der Waals surface area contributed by atoms with E-state index < -0.39 is 6.36 Å². The van der Waals surface area contributed by atoms with Crippen molar-refractivity contribution in [2.75, 3.05) is 5.32 Å². The van der Waals surface area contributed by atoms with Gasteiger partial charge in [-0.3, -0.25) is 4.79 Å². The number of carbonyl (C=O) groups is 1. The number of nitrogens with zero attached hydrogens (tertiary/aromatic N) is 2. The highest BCUT2D eigenvalue weighted by molar-refractivity contribution is 5.95. The summed E-state index contributed by atoms with van der Waals surface area (Å²) in [4.78, 5) is 11.2. The Morgan fingerprint density at radius 3 is 2.43 bits per heavy atom. The van der Waals surface area contributed by atoms with E-state index in [0.29, 0.717) is 40.0 Å². The van der Waals surface area contributed by atoms with Crippen LogP contribution in [-0.4, -0.2) is 16.8 Å². The zero-order valence-electron chi connectivity index (χ0n) is 15.1. The number of aromatic nitrogens is 1. The molecule has 1 heterocycles. The molecule has 0 bridgehead atoms. The van der Waals surface area contributed by atoms with Crippen LogP contribution in [0, 0.1) is 11.3 Å². The van der Waals surface area contributed by atoms with Gasteiger partial charge in [-0.05, 0) is 36.8 Å². The maximum Gasteiger partial charge on any atom is 0.573 e. The Morgan fingerprint density at radius 1 is 1.21 bits per heavy atom. The Kier molecular flexibility index (Phi) is 5.01. The second-order valence-electron chi connectivity index (χ2n) is 6.06. The standard InChI is InChI=1S/C20H16F3N3O2/c1-3-26-18-10-15(28-20(21,22)23)8-9-16(18)17(11-24)19(26)13-4-6-14(7-5-13)25-12(2)27/h4-10H,3H2,1-2H3,(H,25,27). The van der Waals surface area contributed by atoms with Gasteiger partial charge in [0.05, 0.1) is 16.8 Å².